The Morgan fingerprint density at radius 1 is 1.50 bits per heavy atom. The van der Waals surface area contributed by atoms with Crippen molar-refractivity contribution in [3.8, 4) is 0 Å². The van der Waals surface area contributed by atoms with Crippen molar-refractivity contribution in [1.29, 1.82) is 0 Å². The molecule has 0 spiro atoms. The molecule has 0 heterocycles. The van der Waals surface area contributed by atoms with Gasteiger partial charge in [0.2, 0.25) is 0 Å². The van der Waals surface area contributed by atoms with E-state index in [9.17, 15) is 19.1 Å². The van der Waals surface area contributed by atoms with Gasteiger partial charge >= 0.3 is 5.97 Å². The zero-order chi connectivity index (χ0) is 13.9. The maximum absolute atomic E-state index is 12.9. The van der Waals surface area contributed by atoms with Gasteiger partial charge in [-0.05, 0) is 25.1 Å². The van der Waals surface area contributed by atoms with Crippen molar-refractivity contribution in [2.24, 2.45) is 0 Å². The smallest absolute Gasteiger partial charge is 0.337 e. The average molecular weight is 256 g/mol. The molecule has 1 rings (SSSR count). The predicted molar refractivity (Wildman–Crippen MR) is 61.4 cm³/mol. The van der Waals surface area contributed by atoms with Crippen LogP contribution >= 0.6 is 0 Å². The van der Waals surface area contributed by atoms with Crippen LogP contribution in [0.5, 0.6) is 0 Å². The molecule has 0 aliphatic heterocycles. The number of benzene rings is 1. The summed E-state index contributed by atoms with van der Waals surface area (Å²) in [5, 5.41) is 20.2. The second-order valence-electron chi connectivity index (χ2n) is 3.99. The van der Waals surface area contributed by atoms with E-state index in [0.717, 1.165) is 19.1 Å². The number of amides is 1. The monoisotopic (exact) mass is 256 g/mol. The molecule has 0 aliphatic carbocycles. The SMILES string of the molecule is CC(O)(CNC(=O)c1cc(F)ccc1N)C(=O)O. The van der Waals surface area contributed by atoms with Crippen molar-refractivity contribution in [3.05, 3.63) is 29.6 Å². The predicted octanol–water partition coefficient (Wildman–Crippen LogP) is -0.0267. The van der Waals surface area contributed by atoms with Crippen molar-refractivity contribution in [3.63, 3.8) is 0 Å². The molecule has 0 saturated heterocycles. The molecule has 0 bridgehead atoms. The second kappa shape index (κ2) is 5.01. The first-order chi connectivity index (χ1) is 8.24. The molecule has 1 aromatic rings. The summed E-state index contributed by atoms with van der Waals surface area (Å²) in [5.41, 5.74) is 3.33. The highest BCUT2D eigenvalue weighted by Gasteiger charge is 2.30. The standard InChI is InChI=1S/C11H13FN2O4/c1-11(18,10(16)17)5-14-9(15)7-4-6(12)2-3-8(7)13/h2-4,18H,5,13H2,1H3,(H,14,15)(H,16,17). The molecule has 7 heteroatoms. The van der Waals surface area contributed by atoms with Gasteiger partial charge in [-0.15, -0.1) is 0 Å². The molecule has 5 N–H and O–H groups in total. The normalized spacial score (nSPS) is 13.7. The largest absolute Gasteiger partial charge is 0.479 e. The number of carboxylic acids is 1. The first-order valence-corrected chi connectivity index (χ1v) is 5.03. The summed E-state index contributed by atoms with van der Waals surface area (Å²) in [6.45, 7) is 0.516. The molecule has 0 aliphatic rings. The molecular formula is C11H13FN2O4. The number of halogens is 1. The molecule has 98 valence electrons. The summed E-state index contributed by atoms with van der Waals surface area (Å²) < 4.78 is 12.9. The summed E-state index contributed by atoms with van der Waals surface area (Å²) >= 11 is 0. The van der Waals surface area contributed by atoms with Gasteiger partial charge in [0, 0.05) is 5.69 Å². The van der Waals surface area contributed by atoms with E-state index in [2.05, 4.69) is 5.32 Å². The highest BCUT2D eigenvalue weighted by atomic mass is 19.1. The third-order valence-corrected chi connectivity index (χ3v) is 2.31. The van der Waals surface area contributed by atoms with Gasteiger partial charge < -0.3 is 21.3 Å². The number of hydrogen-bond acceptors (Lipinski definition) is 4. The Morgan fingerprint density at radius 2 is 2.11 bits per heavy atom. The summed E-state index contributed by atoms with van der Waals surface area (Å²) in [6, 6.07) is 3.25. The van der Waals surface area contributed by atoms with E-state index in [4.69, 9.17) is 10.8 Å². The van der Waals surface area contributed by atoms with E-state index in [1.807, 2.05) is 0 Å². The lowest BCUT2D eigenvalue weighted by molar-refractivity contribution is -0.155. The molecular weight excluding hydrogens is 243 g/mol. The number of nitrogens with two attached hydrogens (primary N) is 1. The summed E-state index contributed by atoms with van der Waals surface area (Å²) in [5.74, 6) is -2.87. The van der Waals surface area contributed by atoms with Crippen molar-refractivity contribution < 1.29 is 24.2 Å². The number of anilines is 1. The molecule has 0 saturated carbocycles. The number of nitrogens with one attached hydrogen (secondary N) is 1. The van der Waals surface area contributed by atoms with Crippen LogP contribution in [0.25, 0.3) is 0 Å². The summed E-state index contributed by atoms with van der Waals surface area (Å²) in [6.07, 6.45) is 0. The number of carboxylic acid groups (broad SMARTS) is 1. The van der Waals surface area contributed by atoms with Gasteiger partial charge in [-0.25, -0.2) is 9.18 Å². The highest BCUT2D eigenvalue weighted by Crippen LogP contribution is 2.13. The Morgan fingerprint density at radius 3 is 2.67 bits per heavy atom. The number of aliphatic hydroxyl groups is 1. The molecule has 1 unspecified atom stereocenters. The zero-order valence-corrected chi connectivity index (χ0v) is 9.61. The van der Waals surface area contributed by atoms with Gasteiger partial charge in [-0.3, -0.25) is 4.79 Å². The van der Waals surface area contributed by atoms with E-state index < -0.39 is 29.8 Å². The van der Waals surface area contributed by atoms with Gasteiger partial charge in [0.25, 0.3) is 5.91 Å². The number of aliphatic carboxylic acids is 1. The molecule has 1 aromatic carbocycles. The van der Waals surface area contributed by atoms with Crippen LogP contribution in [-0.4, -0.2) is 34.2 Å². The topological polar surface area (TPSA) is 113 Å². The quantitative estimate of drug-likeness (QED) is 0.565. The Balaban J connectivity index is 2.78. The van der Waals surface area contributed by atoms with Crippen molar-refractivity contribution in [2.45, 2.75) is 12.5 Å². The van der Waals surface area contributed by atoms with Crippen molar-refractivity contribution in [2.75, 3.05) is 12.3 Å². The number of rotatable bonds is 4. The van der Waals surface area contributed by atoms with Gasteiger partial charge in [-0.1, -0.05) is 0 Å². The van der Waals surface area contributed by atoms with Crippen LogP contribution in [0.2, 0.25) is 0 Å². The lowest BCUT2D eigenvalue weighted by Gasteiger charge is -2.18. The fourth-order valence-corrected chi connectivity index (χ4v) is 1.15. The molecule has 18 heavy (non-hydrogen) atoms. The van der Waals surface area contributed by atoms with E-state index >= 15 is 0 Å². The third-order valence-electron chi connectivity index (χ3n) is 2.31. The number of nitrogen functional groups attached to an aromatic ring is 1. The fourth-order valence-electron chi connectivity index (χ4n) is 1.15. The molecule has 6 nitrogen and oxygen atoms in total. The second-order valence-corrected chi connectivity index (χ2v) is 3.99. The maximum atomic E-state index is 12.9. The van der Waals surface area contributed by atoms with Gasteiger partial charge in [0.1, 0.15) is 5.82 Å². The van der Waals surface area contributed by atoms with Crippen molar-refractivity contribution in [1.82, 2.24) is 5.32 Å². The van der Waals surface area contributed by atoms with E-state index in [1.165, 1.54) is 6.07 Å². The minimum absolute atomic E-state index is 0.0591. The Hall–Kier alpha value is -2.15. The molecule has 1 amide bonds. The van der Waals surface area contributed by atoms with Crippen LogP contribution in [0.15, 0.2) is 18.2 Å². The molecule has 0 fully saturated rings. The van der Waals surface area contributed by atoms with Crippen LogP contribution in [0.3, 0.4) is 0 Å². The lowest BCUT2D eigenvalue weighted by Crippen LogP contribution is -2.46. The average Bonchev–Trinajstić information content (AvgIpc) is 2.29. The number of carbonyl (C=O) groups excluding carboxylic acids is 1. The zero-order valence-electron chi connectivity index (χ0n) is 9.61. The van der Waals surface area contributed by atoms with Gasteiger partial charge in [0.15, 0.2) is 5.60 Å². The Labute approximate surface area is 102 Å². The van der Waals surface area contributed by atoms with Gasteiger partial charge in [0.05, 0.1) is 12.1 Å². The highest BCUT2D eigenvalue weighted by molar-refractivity contribution is 5.99. The number of hydrogen-bond donors (Lipinski definition) is 4. The minimum Gasteiger partial charge on any atom is -0.479 e. The number of carbonyl (C=O) groups is 2. The third kappa shape index (κ3) is 3.17. The first-order valence-electron chi connectivity index (χ1n) is 5.03. The van der Waals surface area contributed by atoms with E-state index in [1.54, 1.807) is 0 Å². The van der Waals surface area contributed by atoms with E-state index in [-0.39, 0.29) is 11.3 Å². The Kier molecular flexibility index (Phi) is 3.87. The van der Waals surface area contributed by atoms with Crippen LogP contribution in [0.1, 0.15) is 17.3 Å². The summed E-state index contributed by atoms with van der Waals surface area (Å²) in [4.78, 5) is 22.2. The Bertz CT molecular complexity index is 488. The van der Waals surface area contributed by atoms with Crippen LogP contribution in [0.4, 0.5) is 10.1 Å². The lowest BCUT2D eigenvalue weighted by atomic mass is 10.1. The van der Waals surface area contributed by atoms with E-state index in [0.29, 0.717) is 0 Å². The molecule has 0 aromatic heterocycles. The van der Waals surface area contributed by atoms with Crippen LogP contribution in [-0.2, 0) is 4.79 Å². The van der Waals surface area contributed by atoms with Crippen molar-refractivity contribution >= 4 is 17.6 Å². The maximum Gasteiger partial charge on any atom is 0.337 e. The molecule has 1 atom stereocenters. The van der Waals surface area contributed by atoms with Crippen LogP contribution in [0, 0.1) is 5.82 Å². The van der Waals surface area contributed by atoms with Gasteiger partial charge in [-0.2, -0.15) is 0 Å². The van der Waals surface area contributed by atoms with Crippen LogP contribution < -0.4 is 11.1 Å². The minimum atomic E-state index is -2.10. The summed E-state index contributed by atoms with van der Waals surface area (Å²) in [7, 11) is 0. The molecule has 0 radical (unpaired) electrons. The first kappa shape index (κ1) is 13.9. The fraction of sp³-hybridized carbons (Fsp3) is 0.273.